The number of hydrogen-bond acceptors (Lipinski definition) is 2. The lowest BCUT2D eigenvalue weighted by atomic mass is 10.3. The fraction of sp³-hybridized carbons (Fsp3) is 0.200. The van der Waals surface area contributed by atoms with Crippen molar-refractivity contribution in [3.05, 3.63) is 29.0 Å². The van der Waals surface area contributed by atoms with E-state index in [4.69, 9.17) is 11.6 Å². The van der Waals surface area contributed by atoms with Crippen molar-refractivity contribution in [1.29, 1.82) is 0 Å². The monoisotopic (exact) mass is 223 g/mol. The molecule has 0 spiro atoms. The topological polar surface area (TPSA) is 46.9 Å². The highest BCUT2D eigenvalue weighted by atomic mass is 35.5. The number of aromatic nitrogens is 2. The van der Waals surface area contributed by atoms with E-state index in [1.807, 2.05) is 0 Å². The molecule has 0 bridgehead atoms. The van der Waals surface area contributed by atoms with E-state index in [9.17, 15) is 4.79 Å². The Morgan fingerprint density at radius 3 is 2.93 bits per heavy atom. The Kier molecular flexibility index (Phi) is 2.36. The maximum Gasteiger partial charge on any atom is 0.267 e. The van der Waals surface area contributed by atoms with Crippen molar-refractivity contribution in [3.8, 4) is 0 Å². The minimum atomic E-state index is -0.147. The second-order valence-electron chi connectivity index (χ2n) is 3.20. The number of amides is 1. The number of hydrogen-bond donors (Lipinski definition) is 1. The zero-order chi connectivity index (χ0) is 11.0. The molecule has 0 aliphatic heterocycles. The molecule has 2 aromatic heterocycles. The van der Waals surface area contributed by atoms with Gasteiger partial charge in [-0.05, 0) is 12.1 Å². The van der Waals surface area contributed by atoms with E-state index in [1.54, 1.807) is 37.0 Å². The van der Waals surface area contributed by atoms with Crippen LogP contribution in [0.4, 0.5) is 0 Å². The maximum absolute atomic E-state index is 11.5. The minimum absolute atomic E-state index is 0.147. The van der Waals surface area contributed by atoms with E-state index >= 15 is 0 Å². The molecule has 2 heterocycles. The average molecular weight is 224 g/mol. The van der Waals surface area contributed by atoms with E-state index in [1.165, 1.54) is 0 Å². The highest BCUT2D eigenvalue weighted by Crippen LogP contribution is 2.24. The van der Waals surface area contributed by atoms with Crippen molar-refractivity contribution < 1.29 is 4.79 Å². The molecule has 0 unspecified atom stereocenters. The summed E-state index contributed by atoms with van der Waals surface area (Å²) in [6.07, 6.45) is 1.62. The molecule has 0 aliphatic carbocycles. The smallest absolute Gasteiger partial charge is 0.267 e. The Balaban J connectivity index is 2.75. The summed E-state index contributed by atoms with van der Waals surface area (Å²) in [5.74, 6) is -0.147. The molecule has 5 heteroatoms. The number of carbonyl (C=O) groups excluding carboxylic acids is 1. The number of halogens is 1. The fourth-order valence-corrected chi connectivity index (χ4v) is 1.73. The summed E-state index contributed by atoms with van der Waals surface area (Å²) in [5, 5.41) is 3.97. The molecule has 2 rings (SSSR count). The standard InChI is InChI=1S/C10H10ClN3O/c1-12-10(15)8-5-6-7(11)3-4-13-9(6)14(8)2/h3-5H,1-2H3,(H,12,15). The number of rotatable bonds is 1. The first-order valence-electron chi connectivity index (χ1n) is 4.47. The fourth-order valence-electron chi connectivity index (χ4n) is 1.53. The molecule has 0 fully saturated rings. The van der Waals surface area contributed by atoms with Crippen molar-refractivity contribution >= 4 is 28.5 Å². The van der Waals surface area contributed by atoms with Crippen LogP contribution in [0.1, 0.15) is 10.5 Å². The second-order valence-corrected chi connectivity index (χ2v) is 3.60. The van der Waals surface area contributed by atoms with Gasteiger partial charge in [-0.1, -0.05) is 11.6 Å². The van der Waals surface area contributed by atoms with Crippen LogP contribution in [0.3, 0.4) is 0 Å². The molecule has 2 aromatic rings. The molecule has 0 saturated heterocycles. The highest BCUT2D eigenvalue weighted by Gasteiger charge is 2.13. The molecular formula is C10H10ClN3O. The highest BCUT2D eigenvalue weighted by molar-refractivity contribution is 6.35. The van der Waals surface area contributed by atoms with Gasteiger partial charge in [0.2, 0.25) is 0 Å². The lowest BCUT2D eigenvalue weighted by Crippen LogP contribution is -2.20. The number of nitrogens with zero attached hydrogens (tertiary/aromatic N) is 2. The molecule has 0 aliphatic rings. The number of nitrogens with one attached hydrogen (secondary N) is 1. The lowest BCUT2D eigenvalue weighted by molar-refractivity contribution is 0.0955. The Morgan fingerprint density at radius 2 is 2.33 bits per heavy atom. The molecule has 1 N–H and O–H groups in total. The molecule has 0 aromatic carbocycles. The predicted molar refractivity (Wildman–Crippen MR) is 59.1 cm³/mol. The number of pyridine rings is 1. The van der Waals surface area contributed by atoms with Gasteiger partial charge in [0, 0.05) is 25.7 Å². The van der Waals surface area contributed by atoms with Crippen molar-refractivity contribution in [2.24, 2.45) is 7.05 Å². The van der Waals surface area contributed by atoms with Gasteiger partial charge >= 0.3 is 0 Å². The van der Waals surface area contributed by atoms with E-state index in [2.05, 4.69) is 10.3 Å². The van der Waals surface area contributed by atoms with Gasteiger partial charge in [0.15, 0.2) is 0 Å². The Hall–Kier alpha value is -1.55. The van der Waals surface area contributed by atoms with Crippen LogP contribution >= 0.6 is 11.6 Å². The van der Waals surface area contributed by atoms with Crippen LogP contribution < -0.4 is 5.32 Å². The number of carbonyl (C=O) groups is 1. The Bertz CT molecular complexity index is 533. The largest absolute Gasteiger partial charge is 0.354 e. The first-order valence-corrected chi connectivity index (χ1v) is 4.85. The molecular weight excluding hydrogens is 214 g/mol. The zero-order valence-corrected chi connectivity index (χ0v) is 9.17. The van der Waals surface area contributed by atoms with Gasteiger partial charge in [-0.2, -0.15) is 0 Å². The van der Waals surface area contributed by atoms with E-state index in [0.29, 0.717) is 16.4 Å². The summed E-state index contributed by atoms with van der Waals surface area (Å²) >= 11 is 6.01. The summed E-state index contributed by atoms with van der Waals surface area (Å²) in [4.78, 5) is 15.7. The van der Waals surface area contributed by atoms with E-state index < -0.39 is 0 Å². The van der Waals surface area contributed by atoms with Crippen molar-refractivity contribution in [2.45, 2.75) is 0 Å². The van der Waals surface area contributed by atoms with Crippen molar-refractivity contribution in [2.75, 3.05) is 7.05 Å². The predicted octanol–water partition coefficient (Wildman–Crippen LogP) is 1.59. The number of aryl methyl sites for hydroxylation is 1. The van der Waals surface area contributed by atoms with E-state index in [-0.39, 0.29) is 5.91 Å². The van der Waals surface area contributed by atoms with Crippen LogP contribution in [0.15, 0.2) is 18.3 Å². The summed E-state index contributed by atoms with van der Waals surface area (Å²) < 4.78 is 1.72. The van der Waals surface area contributed by atoms with Gasteiger partial charge in [0.1, 0.15) is 11.3 Å². The first-order chi connectivity index (χ1) is 7.15. The molecule has 0 radical (unpaired) electrons. The van der Waals surface area contributed by atoms with Gasteiger partial charge in [0.05, 0.1) is 5.02 Å². The van der Waals surface area contributed by atoms with Crippen LogP contribution in [0.25, 0.3) is 11.0 Å². The SMILES string of the molecule is CNC(=O)c1cc2c(Cl)ccnc2n1C. The van der Waals surface area contributed by atoms with Crippen LogP contribution in [0.5, 0.6) is 0 Å². The van der Waals surface area contributed by atoms with Gasteiger partial charge < -0.3 is 9.88 Å². The van der Waals surface area contributed by atoms with Crippen LogP contribution in [0, 0.1) is 0 Å². The van der Waals surface area contributed by atoms with Crippen molar-refractivity contribution in [3.63, 3.8) is 0 Å². The third kappa shape index (κ3) is 1.47. The van der Waals surface area contributed by atoms with Crippen molar-refractivity contribution in [1.82, 2.24) is 14.9 Å². The van der Waals surface area contributed by atoms with Gasteiger partial charge in [-0.15, -0.1) is 0 Å². The molecule has 78 valence electrons. The maximum atomic E-state index is 11.5. The molecule has 0 saturated carbocycles. The minimum Gasteiger partial charge on any atom is -0.354 e. The van der Waals surface area contributed by atoms with Gasteiger partial charge in [0.25, 0.3) is 5.91 Å². The normalized spacial score (nSPS) is 10.6. The summed E-state index contributed by atoms with van der Waals surface area (Å²) in [6, 6.07) is 3.45. The molecule has 0 atom stereocenters. The van der Waals surface area contributed by atoms with Crippen LogP contribution in [-0.4, -0.2) is 22.5 Å². The quantitative estimate of drug-likeness (QED) is 0.798. The molecule has 1 amide bonds. The van der Waals surface area contributed by atoms with E-state index in [0.717, 1.165) is 5.39 Å². The molecule has 4 nitrogen and oxygen atoms in total. The Labute approximate surface area is 91.9 Å². The third-order valence-electron chi connectivity index (χ3n) is 2.34. The summed E-state index contributed by atoms with van der Waals surface area (Å²) in [5.41, 5.74) is 1.26. The third-order valence-corrected chi connectivity index (χ3v) is 2.67. The van der Waals surface area contributed by atoms with Gasteiger partial charge in [-0.3, -0.25) is 4.79 Å². The van der Waals surface area contributed by atoms with Gasteiger partial charge in [-0.25, -0.2) is 4.98 Å². The average Bonchev–Trinajstić information content (AvgIpc) is 2.57. The lowest BCUT2D eigenvalue weighted by Gasteiger charge is -2.01. The zero-order valence-electron chi connectivity index (χ0n) is 8.41. The Morgan fingerprint density at radius 1 is 1.60 bits per heavy atom. The second kappa shape index (κ2) is 3.55. The van der Waals surface area contributed by atoms with Crippen LogP contribution in [-0.2, 0) is 7.05 Å². The number of fused-ring (bicyclic) bond motifs is 1. The summed E-state index contributed by atoms with van der Waals surface area (Å²) in [6.45, 7) is 0. The first kappa shape index (κ1) is 9.98. The van der Waals surface area contributed by atoms with Crippen LogP contribution in [0.2, 0.25) is 5.02 Å². The molecule has 15 heavy (non-hydrogen) atoms. The summed E-state index contributed by atoms with van der Waals surface area (Å²) in [7, 11) is 3.38.